The van der Waals surface area contributed by atoms with Gasteiger partial charge >= 0.3 is 0 Å². The Kier molecular flexibility index (Phi) is 5.01. The lowest BCUT2D eigenvalue weighted by molar-refractivity contribution is 1.45. The van der Waals surface area contributed by atoms with Crippen molar-refractivity contribution in [1.82, 2.24) is 0 Å². The van der Waals surface area contributed by atoms with Gasteiger partial charge < -0.3 is 10.6 Å². The summed E-state index contributed by atoms with van der Waals surface area (Å²) in [5.74, 6) is 0. The summed E-state index contributed by atoms with van der Waals surface area (Å²) in [4.78, 5) is 0. The van der Waals surface area contributed by atoms with Crippen molar-refractivity contribution in [3.63, 3.8) is 0 Å². The summed E-state index contributed by atoms with van der Waals surface area (Å²) in [7, 11) is 0. The maximum Gasteiger partial charge on any atom is 0.175 e. The van der Waals surface area contributed by atoms with Gasteiger partial charge in [0, 0.05) is 14.3 Å². The molecule has 0 aliphatic carbocycles. The molecule has 0 saturated heterocycles. The van der Waals surface area contributed by atoms with E-state index in [1.807, 2.05) is 49.4 Å². The van der Waals surface area contributed by atoms with Crippen molar-refractivity contribution in [2.75, 3.05) is 10.6 Å². The van der Waals surface area contributed by atoms with Gasteiger partial charge in [-0.1, -0.05) is 29.8 Å². The molecule has 0 unspecified atom stereocenters. The standard InChI is InChI=1S/C14H12ClIN2S/c1-9-6-7-10(15)8-13(9)18-14(19)17-12-5-3-2-4-11(12)16/h2-8H,1H3,(H2,17,18,19). The van der Waals surface area contributed by atoms with E-state index in [1.54, 1.807) is 0 Å². The van der Waals surface area contributed by atoms with Gasteiger partial charge in [-0.05, 0) is 71.6 Å². The first-order chi connectivity index (χ1) is 9.06. The van der Waals surface area contributed by atoms with Gasteiger partial charge in [0.25, 0.3) is 0 Å². The lowest BCUT2D eigenvalue weighted by Gasteiger charge is -2.13. The zero-order chi connectivity index (χ0) is 13.8. The molecular formula is C14H12ClIN2S. The summed E-state index contributed by atoms with van der Waals surface area (Å²) in [5.41, 5.74) is 2.99. The Labute approximate surface area is 136 Å². The largest absolute Gasteiger partial charge is 0.332 e. The molecule has 0 bridgehead atoms. The van der Waals surface area contributed by atoms with Crippen LogP contribution in [-0.4, -0.2) is 5.11 Å². The van der Waals surface area contributed by atoms with Crippen LogP contribution in [0.5, 0.6) is 0 Å². The highest BCUT2D eigenvalue weighted by molar-refractivity contribution is 14.1. The number of benzene rings is 2. The first kappa shape index (κ1) is 14.6. The third-order valence-corrected chi connectivity index (χ3v) is 3.95. The molecule has 19 heavy (non-hydrogen) atoms. The highest BCUT2D eigenvalue weighted by atomic mass is 127. The third kappa shape index (κ3) is 4.06. The molecule has 2 rings (SSSR count). The predicted molar refractivity (Wildman–Crippen MR) is 95.2 cm³/mol. The summed E-state index contributed by atoms with van der Waals surface area (Å²) >= 11 is 13.6. The number of rotatable bonds is 2. The molecule has 0 atom stereocenters. The van der Waals surface area contributed by atoms with Crippen LogP contribution in [-0.2, 0) is 0 Å². The van der Waals surface area contributed by atoms with Crippen LogP contribution in [0.2, 0.25) is 5.02 Å². The molecule has 0 aliphatic heterocycles. The van der Waals surface area contributed by atoms with Gasteiger partial charge in [-0.15, -0.1) is 0 Å². The Balaban J connectivity index is 2.10. The topological polar surface area (TPSA) is 24.1 Å². The maximum atomic E-state index is 5.98. The fourth-order valence-corrected chi connectivity index (χ4v) is 2.48. The van der Waals surface area contributed by atoms with E-state index in [0.29, 0.717) is 10.1 Å². The summed E-state index contributed by atoms with van der Waals surface area (Å²) in [6.07, 6.45) is 0. The molecule has 2 nitrogen and oxygen atoms in total. The minimum absolute atomic E-state index is 0.550. The van der Waals surface area contributed by atoms with Crippen molar-refractivity contribution in [3.8, 4) is 0 Å². The molecule has 0 amide bonds. The van der Waals surface area contributed by atoms with Crippen molar-refractivity contribution in [1.29, 1.82) is 0 Å². The van der Waals surface area contributed by atoms with Gasteiger partial charge in [-0.2, -0.15) is 0 Å². The average molecular weight is 403 g/mol. The van der Waals surface area contributed by atoms with Gasteiger partial charge in [0.15, 0.2) is 5.11 Å². The summed E-state index contributed by atoms with van der Waals surface area (Å²) in [5, 5.41) is 7.57. The van der Waals surface area contributed by atoms with E-state index in [1.165, 1.54) is 0 Å². The summed E-state index contributed by atoms with van der Waals surface area (Å²) in [6.45, 7) is 2.01. The molecule has 2 aromatic carbocycles. The van der Waals surface area contributed by atoms with E-state index in [4.69, 9.17) is 23.8 Å². The van der Waals surface area contributed by atoms with Gasteiger partial charge in [0.2, 0.25) is 0 Å². The first-order valence-electron chi connectivity index (χ1n) is 5.65. The third-order valence-electron chi connectivity index (χ3n) is 2.57. The van der Waals surface area contributed by atoms with Crippen molar-refractivity contribution in [2.45, 2.75) is 6.92 Å². The first-order valence-corrected chi connectivity index (χ1v) is 7.51. The highest BCUT2D eigenvalue weighted by Gasteiger charge is 2.04. The molecule has 5 heteroatoms. The van der Waals surface area contributed by atoms with Gasteiger partial charge in [-0.3, -0.25) is 0 Å². The normalized spacial score (nSPS) is 10.1. The van der Waals surface area contributed by atoms with Crippen LogP contribution in [0.25, 0.3) is 0 Å². The summed E-state index contributed by atoms with van der Waals surface area (Å²) < 4.78 is 1.12. The number of hydrogen-bond donors (Lipinski definition) is 2. The molecule has 0 heterocycles. The van der Waals surface area contributed by atoms with Crippen LogP contribution in [0.15, 0.2) is 42.5 Å². The second-order valence-electron chi connectivity index (χ2n) is 4.02. The lowest BCUT2D eigenvalue weighted by atomic mass is 10.2. The van der Waals surface area contributed by atoms with E-state index in [0.717, 1.165) is 20.5 Å². The quantitative estimate of drug-likeness (QED) is 0.542. The number of para-hydroxylation sites is 1. The van der Waals surface area contributed by atoms with E-state index in [9.17, 15) is 0 Å². The number of anilines is 2. The van der Waals surface area contributed by atoms with E-state index < -0.39 is 0 Å². The molecular weight excluding hydrogens is 391 g/mol. The molecule has 0 aromatic heterocycles. The molecule has 0 fully saturated rings. The Bertz CT molecular complexity index is 616. The zero-order valence-corrected chi connectivity index (χ0v) is 13.9. The number of hydrogen-bond acceptors (Lipinski definition) is 1. The average Bonchev–Trinajstić information content (AvgIpc) is 2.37. The molecule has 2 N–H and O–H groups in total. The fraction of sp³-hybridized carbons (Fsp3) is 0.0714. The Morgan fingerprint density at radius 1 is 1.11 bits per heavy atom. The van der Waals surface area contributed by atoms with Crippen LogP contribution in [0.1, 0.15) is 5.56 Å². The number of halogens is 2. The zero-order valence-electron chi connectivity index (χ0n) is 10.2. The van der Waals surface area contributed by atoms with Crippen LogP contribution >= 0.6 is 46.4 Å². The van der Waals surface area contributed by atoms with Crippen LogP contribution in [0, 0.1) is 10.5 Å². The number of nitrogens with one attached hydrogen (secondary N) is 2. The second-order valence-corrected chi connectivity index (χ2v) is 6.03. The van der Waals surface area contributed by atoms with Crippen LogP contribution < -0.4 is 10.6 Å². The van der Waals surface area contributed by atoms with Crippen LogP contribution in [0.4, 0.5) is 11.4 Å². The number of thiocarbonyl (C=S) groups is 1. The second kappa shape index (κ2) is 6.54. The molecule has 0 radical (unpaired) electrons. The van der Waals surface area contributed by atoms with E-state index in [-0.39, 0.29) is 0 Å². The Morgan fingerprint density at radius 3 is 2.53 bits per heavy atom. The van der Waals surface area contributed by atoms with E-state index >= 15 is 0 Å². The Morgan fingerprint density at radius 2 is 1.79 bits per heavy atom. The minimum Gasteiger partial charge on any atom is -0.332 e. The van der Waals surface area contributed by atoms with Gasteiger partial charge in [0.05, 0.1) is 5.69 Å². The molecule has 0 saturated carbocycles. The van der Waals surface area contributed by atoms with Crippen molar-refractivity contribution < 1.29 is 0 Å². The summed E-state index contributed by atoms with van der Waals surface area (Å²) in [6, 6.07) is 13.7. The Hall–Kier alpha value is -0.850. The highest BCUT2D eigenvalue weighted by Crippen LogP contribution is 2.21. The monoisotopic (exact) mass is 402 g/mol. The SMILES string of the molecule is Cc1ccc(Cl)cc1NC(=S)Nc1ccccc1I. The number of aryl methyl sites for hydroxylation is 1. The molecule has 0 aliphatic rings. The fourth-order valence-electron chi connectivity index (χ4n) is 1.57. The minimum atomic E-state index is 0.550. The van der Waals surface area contributed by atoms with E-state index in [2.05, 4.69) is 33.2 Å². The maximum absolute atomic E-state index is 5.98. The molecule has 2 aromatic rings. The smallest absolute Gasteiger partial charge is 0.175 e. The van der Waals surface area contributed by atoms with Crippen molar-refractivity contribution in [3.05, 3.63) is 56.6 Å². The van der Waals surface area contributed by atoms with Gasteiger partial charge in [-0.25, -0.2) is 0 Å². The molecule has 0 spiro atoms. The molecule has 98 valence electrons. The lowest BCUT2D eigenvalue weighted by Crippen LogP contribution is -2.20. The predicted octanol–water partition coefficient (Wildman–Crippen LogP) is 5.06. The van der Waals surface area contributed by atoms with Crippen molar-refractivity contribution in [2.24, 2.45) is 0 Å². The van der Waals surface area contributed by atoms with Gasteiger partial charge in [0.1, 0.15) is 0 Å². The van der Waals surface area contributed by atoms with Crippen molar-refractivity contribution >= 4 is 62.9 Å². The van der Waals surface area contributed by atoms with Crippen LogP contribution in [0.3, 0.4) is 0 Å².